The lowest BCUT2D eigenvalue weighted by Gasteiger charge is -2.14. The second-order valence-electron chi connectivity index (χ2n) is 6.03. The lowest BCUT2D eigenvalue weighted by Crippen LogP contribution is -2.23. The number of amides is 1. The molecule has 0 aromatic heterocycles. The minimum absolute atomic E-state index is 0.00745. The number of aromatic hydroxyl groups is 1. The molecular weight excluding hydrogens is 408 g/mol. The molecule has 1 amide bonds. The molecule has 10 heteroatoms. The van der Waals surface area contributed by atoms with Gasteiger partial charge in [0.1, 0.15) is 16.2 Å². The van der Waals surface area contributed by atoms with Gasteiger partial charge in [-0.05, 0) is 36.8 Å². The second-order valence-corrected chi connectivity index (χ2v) is 8.56. The first kappa shape index (κ1) is 21.7. The summed E-state index contributed by atoms with van der Waals surface area (Å²) in [6.45, 7) is 1.00. The molecule has 2 aromatic carbocycles. The number of rotatable bonds is 6. The standard InChI is InChI=1S/C18H19ClN2O6S/c1-11-5-4-6-13(17(11)23)18(24)27-10-16(22)20-12-7-8-14(19)15(9-12)28(25,26)21(2)3/h4-9,23H,10H2,1-3H3,(H,20,22). The molecule has 0 saturated carbocycles. The van der Waals surface area contributed by atoms with Gasteiger partial charge in [0.25, 0.3) is 5.91 Å². The molecule has 0 bridgehead atoms. The van der Waals surface area contributed by atoms with Crippen LogP contribution in [-0.2, 0) is 19.6 Å². The number of carbonyl (C=O) groups is 2. The summed E-state index contributed by atoms with van der Waals surface area (Å²) in [5, 5.41) is 12.3. The topological polar surface area (TPSA) is 113 Å². The third kappa shape index (κ3) is 4.80. The van der Waals surface area contributed by atoms with Crippen LogP contribution in [0.15, 0.2) is 41.3 Å². The van der Waals surface area contributed by atoms with Crippen molar-refractivity contribution in [2.45, 2.75) is 11.8 Å². The average Bonchev–Trinajstić information content (AvgIpc) is 2.63. The number of hydrogen-bond donors (Lipinski definition) is 2. The Labute approximate surface area is 167 Å². The van der Waals surface area contributed by atoms with Gasteiger partial charge in [0, 0.05) is 19.8 Å². The van der Waals surface area contributed by atoms with E-state index in [1.807, 2.05) is 0 Å². The molecule has 0 saturated heterocycles. The van der Waals surface area contributed by atoms with Gasteiger partial charge >= 0.3 is 5.97 Å². The average molecular weight is 427 g/mol. The van der Waals surface area contributed by atoms with Crippen molar-refractivity contribution in [3.8, 4) is 5.75 Å². The molecule has 28 heavy (non-hydrogen) atoms. The van der Waals surface area contributed by atoms with E-state index in [1.54, 1.807) is 19.1 Å². The fourth-order valence-electron chi connectivity index (χ4n) is 2.21. The summed E-state index contributed by atoms with van der Waals surface area (Å²) in [4.78, 5) is 23.9. The number of esters is 1. The van der Waals surface area contributed by atoms with Gasteiger partial charge in [0.2, 0.25) is 10.0 Å². The van der Waals surface area contributed by atoms with Crippen molar-refractivity contribution in [2.24, 2.45) is 0 Å². The predicted molar refractivity (Wildman–Crippen MR) is 104 cm³/mol. The first-order valence-electron chi connectivity index (χ1n) is 8.01. The Bertz CT molecular complexity index is 1020. The van der Waals surface area contributed by atoms with Gasteiger partial charge in [0.15, 0.2) is 6.61 Å². The van der Waals surface area contributed by atoms with Crippen molar-refractivity contribution in [2.75, 3.05) is 26.0 Å². The van der Waals surface area contributed by atoms with Crippen molar-refractivity contribution in [1.29, 1.82) is 0 Å². The van der Waals surface area contributed by atoms with Crippen LogP contribution in [-0.4, -0.2) is 50.4 Å². The molecule has 2 N–H and O–H groups in total. The molecule has 2 aromatic rings. The van der Waals surface area contributed by atoms with Gasteiger partial charge in [-0.15, -0.1) is 0 Å². The lowest BCUT2D eigenvalue weighted by molar-refractivity contribution is -0.119. The number of phenols is 1. The monoisotopic (exact) mass is 426 g/mol. The van der Waals surface area contributed by atoms with Crippen LogP contribution in [0.25, 0.3) is 0 Å². The summed E-state index contributed by atoms with van der Waals surface area (Å²) in [5.74, 6) is -1.76. The zero-order valence-corrected chi connectivity index (χ0v) is 17.0. The number of nitrogens with zero attached hydrogens (tertiary/aromatic N) is 1. The van der Waals surface area contributed by atoms with Gasteiger partial charge in [-0.2, -0.15) is 0 Å². The highest BCUT2D eigenvalue weighted by atomic mass is 35.5. The maximum Gasteiger partial charge on any atom is 0.342 e. The van der Waals surface area contributed by atoms with Gasteiger partial charge in [-0.3, -0.25) is 4.79 Å². The van der Waals surface area contributed by atoms with E-state index in [0.717, 1.165) is 4.31 Å². The molecule has 2 rings (SSSR count). The largest absolute Gasteiger partial charge is 0.507 e. The maximum absolute atomic E-state index is 12.3. The number of anilines is 1. The third-order valence-electron chi connectivity index (χ3n) is 3.77. The zero-order valence-electron chi connectivity index (χ0n) is 15.4. The molecule has 0 atom stereocenters. The Kier molecular flexibility index (Phi) is 6.65. The number of ether oxygens (including phenoxy) is 1. The number of aryl methyl sites for hydroxylation is 1. The van der Waals surface area contributed by atoms with Gasteiger partial charge < -0.3 is 15.2 Å². The Morgan fingerprint density at radius 3 is 2.54 bits per heavy atom. The Morgan fingerprint density at radius 1 is 1.21 bits per heavy atom. The van der Waals surface area contributed by atoms with E-state index >= 15 is 0 Å². The number of para-hydroxylation sites is 1. The Balaban J connectivity index is 2.08. The van der Waals surface area contributed by atoms with Crippen LogP contribution in [0.2, 0.25) is 5.02 Å². The molecule has 0 radical (unpaired) electrons. The van der Waals surface area contributed by atoms with E-state index in [-0.39, 0.29) is 26.9 Å². The van der Waals surface area contributed by atoms with Crippen LogP contribution in [0.1, 0.15) is 15.9 Å². The van der Waals surface area contributed by atoms with Crippen molar-refractivity contribution in [3.05, 3.63) is 52.5 Å². The number of sulfonamides is 1. The summed E-state index contributed by atoms with van der Waals surface area (Å²) in [6, 6.07) is 8.54. The number of carbonyl (C=O) groups excluding carboxylic acids is 2. The fraction of sp³-hybridized carbons (Fsp3) is 0.222. The van der Waals surface area contributed by atoms with Crippen molar-refractivity contribution in [1.82, 2.24) is 4.31 Å². The molecular formula is C18H19ClN2O6S. The summed E-state index contributed by atoms with van der Waals surface area (Å²) < 4.78 is 30.4. The van der Waals surface area contributed by atoms with Gasteiger partial charge in [0.05, 0.1) is 5.02 Å². The van der Waals surface area contributed by atoms with Crippen LogP contribution in [0.5, 0.6) is 5.75 Å². The van der Waals surface area contributed by atoms with E-state index in [9.17, 15) is 23.1 Å². The summed E-state index contributed by atoms with van der Waals surface area (Å²) >= 11 is 5.95. The van der Waals surface area contributed by atoms with Gasteiger partial charge in [-0.25, -0.2) is 17.5 Å². The summed E-state index contributed by atoms with van der Waals surface area (Å²) in [7, 11) is -1.08. The zero-order chi connectivity index (χ0) is 21.1. The van der Waals surface area contributed by atoms with Crippen LogP contribution < -0.4 is 5.32 Å². The Morgan fingerprint density at radius 2 is 1.89 bits per heavy atom. The first-order valence-corrected chi connectivity index (χ1v) is 9.83. The van der Waals surface area contributed by atoms with Crippen LogP contribution in [0, 0.1) is 6.92 Å². The van der Waals surface area contributed by atoms with Crippen LogP contribution >= 0.6 is 11.6 Å². The van der Waals surface area contributed by atoms with E-state index in [0.29, 0.717) is 5.56 Å². The van der Waals surface area contributed by atoms with Crippen molar-refractivity contribution in [3.63, 3.8) is 0 Å². The molecule has 0 fully saturated rings. The fourth-order valence-corrected chi connectivity index (χ4v) is 3.60. The first-order chi connectivity index (χ1) is 13.0. The summed E-state index contributed by atoms with van der Waals surface area (Å²) in [6.07, 6.45) is 0. The smallest absolute Gasteiger partial charge is 0.342 e. The third-order valence-corrected chi connectivity index (χ3v) is 6.06. The summed E-state index contributed by atoms with van der Waals surface area (Å²) in [5.41, 5.74) is 0.609. The predicted octanol–water partition coefficient (Wildman–Crippen LogP) is 2.40. The molecule has 0 heterocycles. The molecule has 0 aliphatic rings. The lowest BCUT2D eigenvalue weighted by atomic mass is 10.1. The SMILES string of the molecule is Cc1cccc(C(=O)OCC(=O)Nc2ccc(Cl)c(S(=O)(=O)N(C)C)c2)c1O. The Hall–Kier alpha value is -2.62. The van der Waals surface area contributed by atoms with Crippen LogP contribution in [0.4, 0.5) is 5.69 Å². The quantitative estimate of drug-likeness (QED) is 0.686. The molecule has 8 nitrogen and oxygen atoms in total. The van der Waals surface area contributed by atoms with Gasteiger partial charge in [-0.1, -0.05) is 23.7 Å². The highest BCUT2D eigenvalue weighted by Gasteiger charge is 2.22. The minimum Gasteiger partial charge on any atom is -0.507 e. The normalized spacial score (nSPS) is 11.3. The van der Waals surface area contributed by atoms with E-state index in [1.165, 1.54) is 38.4 Å². The number of nitrogens with one attached hydrogen (secondary N) is 1. The highest BCUT2D eigenvalue weighted by Crippen LogP contribution is 2.27. The van der Waals surface area contributed by atoms with Crippen molar-refractivity contribution >= 4 is 39.2 Å². The highest BCUT2D eigenvalue weighted by molar-refractivity contribution is 7.89. The molecule has 0 unspecified atom stereocenters. The molecule has 150 valence electrons. The molecule has 0 aliphatic carbocycles. The second kappa shape index (κ2) is 8.59. The molecule has 0 aliphatic heterocycles. The van der Waals surface area contributed by atoms with Crippen molar-refractivity contribution < 1.29 is 27.9 Å². The number of benzene rings is 2. The van der Waals surface area contributed by atoms with E-state index in [4.69, 9.17) is 16.3 Å². The maximum atomic E-state index is 12.3. The van der Waals surface area contributed by atoms with E-state index < -0.39 is 28.5 Å². The minimum atomic E-state index is -3.80. The van der Waals surface area contributed by atoms with Crippen LogP contribution in [0.3, 0.4) is 0 Å². The van der Waals surface area contributed by atoms with E-state index in [2.05, 4.69) is 5.32 Å². The number of phenolic OH excluding ortho intramolecular Hbond substituents is 1. The number of hydrogen-bond acceptors (Lipinski definition) is 6. The number of halogens is 1. The molecule has 0 spiro atoms.